The van der Waals surface area contributed by atoms with Gasteiger partial charge in [-0.3, -0.25) is 10.1 Å². The molecule has 0 spiro atoms. The van der Waals surface area contributed by atoms with Gasteiger partial charge in [-0.2, -0.15) is 0 Å². The molecule has 4 N–H and O–H groups in total. The van der Waals surface area contributed by atoms with Crippen LogP contribution >= 0.6 is 0 Å². The molecular formula is C32H47N3O10S2. The molecule has 2 amide bonds. The molecule has 47 heavy (non-hydrogen) atoms. The van der Waals surface area contributed by atoms with E-state index < -0.39 is 65.1 Å². The van der Waals surface area contributed by atoms with E-state index in [9.17, 15) is 31.5 Å². The van der Waals surface area contributed by atoms with Crippen molar-refractivity contribution < 1.29 is 45.7 Å². The average Bonchev–Trinajstić information content (AvgIpc) is 3.41. The first-order valence-electron chi connectivity index (χ1n) is 15.1. The van der Waals surface area contributed by atoms with Gasteiger partial charge in [-0.1, -0.05) is 37.3 Å². The number of sulfone groups is 2. The first-order chi connectivity index (χ1) is 21.5. The van der Waals surface area contributed by atoms with Crippen molar-refractivity contribution in [2.24, 2.45) is 0 Å². The number of alkyl carbamates (subject to hydrolysis) is 1. The van der Waals surface area contributed by atoms with Gasteiger partial charge in [-0.15, -0.1) is 0 Å². The highest BCUT2D eigenvalue weighted by Crippen LogP contribution is 2.34. The second kappa shape index (κ2) is 14.0. The van der Waals surface area contributed by atoms with E-state index in [1.807, 2.05) is 30.3 Å². The van der Waals surface area contributed by atoms with Gasteiger partial charge in [0.15, 0.2) is 31.2 Å². The predicted molar refractivity (Wildman–Crippen MR) is 177 cm³/mol. The third kappa shape index (κ3) is 10.0. The number of carbonyl (C=O) groups is 2. The number of ether oxygens (including phenoxy) is 3. The van der Waals surface area contributed by atoms with Crippen LogP contribution in [0.1, 0.15) is 60.5 Å². The summed E-state index contributed by atoms with van der Waals surface area (Å²) in [5.74, 6) is -0.800. The Morgan fingerprint density at radius 3 is 2.15 bits per heavy atom. The molecular weight excluding hydrogens is 650 g/mol. The fourth-order valence-corrected chi connectivity index (χ4v) is 7.15. The van der Waals surface area contributed by atoms with Crippen LogP contribution in [0.5, 0.6) is 11.5 Å². The molecule has 1 unspecified atom stereocenters. The zero-order chi connectivity index (χ0) is 35.5. The van der Waals surface area contributed by atoms with Crippen LogP contribution in [0.4, 0.5) is 4.79 Å². The van der Waals surface area contributed by atoms with Crippen molar-refractivity contribution in [1.29, 1.82) is 0 Å². The number of aliphatic hydroxyl groups is 1. The number of amides is 2. The fourth-order valence-electron chi connectivity index (χ4n) is 4.91. The third-order valence-electron chi connectivity index (χ3n) is 7.90. The molecule has 13 nitrogen and oxygen atoms in total. The highest BCUT2D eigenvalue weighted by Gasteiger charge is 2.47. The molecule has 0 radical (unpaired) electrons. The van der Waals surface area contributed by atoms with Gasteiger partial charge < -0.3 is 30.0 Å². The molecule has 2 aromatic rings. The molecule has 0 saturated heterocycles. The van der Waals surface area contributed by atoms with Gasteiger partial charge in [0, 0.05) is 25.3 Å². The highest BCUT2D eigenvalue weighted by molar-refractivity contribution is 7.92. The Kier molecular flexibility index (Phi) is 11.3. The summed E-state index contributed by atoms with van der Waals surface area (Å²) in [6.07, 6.45) is 0.373. The standard InChI is InChI=1S/C32H47N3O10S2/c1-9-32(18-22-13-11-10-12-14-22,35-27(36)26(30(5,6)46(8,39)40)34-28(37)45-29(2,3)4)33-19-31(7,38)20-47(41,42)23-15-16-24-25(17-23)44-21-43-24/h10-17,26,33,38H,9,18-21H2,1-8H3,(H,34,37)(H,35,36)/t26-,31+,32?/m0/s1. The largest absolute Gasteiger partial charge is 0.454 e. The maximum absolute atomic E-state index is 14.1. The Morgan fingerprint density at radius 2 is 1.57 bits per heavy atom. The molecule has 2 aromatic carbocycles. The molecule has 0 aliphatic carbocycles. The minimum absolute atomic E-state index is 0.0256. The summed E-state index contributed by atoms with van der Waals surface area (Å²) in [5, 5.41) is 19.9. The fraction of sp³-hybridized carbons (Fsp3) is 0.562. The van der Waals surface area contributed by atoms with Gasteiger partial charge in [0.1, 0.15) is 11.6 Å². The lowest BCUT2D eigenvalue weighted by molar-refractivity contribution is -0.126. The second-order valence-corrected chi connectivity index (χ2v) is 18.3. The van der Waals surface area contributed by atoms with E-state index >= 15 is 0 Å². The molecule has 15 heteroatoms. The van der Waals surface area contributed by atoms with Gasteiger partial charge in [-0.25, -0.2) is 21.6 Å². The Bertz CT molecular complexity index is 1650. The van der Waals surface area contributed by atoms with Crippen molar-refractivity contribution in [2.45, 2.75) is 93.9 Å². The maximum Gasteiger partial charge on any atom is 0.408 e. The first kappa shape index (κ1) is 38.1. The summed E-state index contributed by atoms with van der Waals surface area (Å²) >= 11 is 0. The summed E-state index contributed by atoms with van der Waals surface area (Å²) in [6.45, 7) is 10.4. The molecule has 0 aromatic heterocycles. The van der Waals surface area contributed by atoms with E-state index in [1.165, 1.54) is 39.0 Å². The number of hydrogen-bond acceptors (Lipinski definition) is 11. The summed E-state index contributed by atoms with van der Waals surface area (Å²) in [7, 11) is -7.93. The van der Waals surface area contributed by atoms with E-state index in [2.05, 4.69) is 16.0 Å². The van der Waals surface area contributed by atoms with Crippen LogP contribution < -0.4 is 25.4 Å². The number of hydrogen-bond donors (Lipinski definition) is 4. The van der Waals surface area contributed by atoms with E-state index in [-0.39, 0.29) is 36.8 Å². The quantitative estimate of drug-likeness (QED) is 0.213. The van der Waals surface area contributed by atoms with E-state index in [1.54, 1.807) is 27.7 Å². The van der Waals surface area contributed by atoms with Gasteiger partial charge in [-0.05, 0) is 65.7 Å². The normalized spacial score (nSPS) is 16.8. The lowest BCUT2D eigenvalue weighted by Gasteiger charge is -2.41. The molecule has 0 saturated carbocycles. The number of carbonyl (C=O) groups excluding carboxylic acids is 2. The van der Waals surface area contributed by atoms with E-state index in [4.69, 9.17) is 14.2 Å². The molecule has 1 aliphatic heterocycles. The number of rotatable bonds is 14. The zero-order valence-electron chi connectivity index (χ0n) is 28.2. The van der Waals surface area contributed by atoms with Crippen molar-refractivity contribution in [3.63, 3.8) is 0 Å². The number of benzene rings is 2. The van der Waals surface area contributed by atoms with Crippen molar-refractivity contribution in [3.8, 4) is 11.5 Å². The van der Waals surface area contributed by atoms with Crippen molar-refractivity contribution in [1.82, 2.24) is 16.0 Å². The Balaban J connectivity index is 1.93. The van der Waals surface area contributed by atoms with Crippen molar-refractivity contribution in [3.05, 3.63) is 54.1 Å². The maximum atomic E-state index is 14.1. The lowest BCUT2D eigenvalue weighted by Crippen LogP contribution is -2.69. The smallest absolute Gasteiger partial charge is 0.408 e. The van der Waals surface area contributed by atoms with Crippen LogP contribution in [0, 0.1) is 0 Å². The van der Waals surface area contributed by atoms with Crippen LogP contribution in [-0.2, 0) is 35.6 Å². The topological polar surface area (TPSA) is 186 Å². The average molecular weight is 698 g/mol. The Hall–Kier alpha value is -3.40. The molecule has 1 heterocycles. The molecule has 1 aliphatic rings. The molecule has 262 valence electrons. The van der Waals surface area contributed by atoms with Gasteiger partial charge in [0.25, 0.3) is 0 Å². The molecule has 0 bridgehead atoms. The lowest BCUT2D eigenvalue weighted by atomic mass is 9.93. The van der Waals surface area contributed by atoms with Crippen molar-refractivity contribution >= 4 is 31.7 Å². The molecule has 3 atom stereocenters. The van der Waals surface area contributed by atoms with Crippen LogP contribution in [0.15, 0.2) is 53.4 Å². The van der Waals surface area contributed by atoms with Gasteiger partial charge >= 0.3 is 6.09 Å². The van der Waals surface area contributed by atoms with Crippen LogP contribution in [0.3, 0.4) is 0 Å². The van der Waals surface area contributed by atoms with Crippen LogP contribution in [0.2, 0.25) is 0 Å². The Labute approximate surface area is 277 Å². The minimum Gasteiger partial charge on any atom is -0.454 e. The predicted octanol–water partition coefficient (Wildman–Crippen LogP) is 2.71. The SMILES string of the molecule is CCC(Cc1ccccc1)(NC[C@@](C)(O)CS(=O)(=O)c1ccc2c(c1)OCO2)NC(=O)[C@H](NC(=O)OC(C)(C)C)C(C)(C)S(C)(=O)=O. The van der Waals surface area contributed by atoms with E-state index in [0.29, 0.717) is 5.75 Å². The number of fused-ring (bicyclic) bond motifs is 1. The summed E-state index contributed by atoms with van der Waals surface area (Å²) < 4.78 is 66.5. The molecule has 3 rings (SSSR count). The summed E-state index contributed by atoms with van der Waals surface area (Å²) in [5.41, 5.74) is -3.30. The monoisotopic (exact) mass is 697 g/mol. The second-order valence-electron chi connectivity index (χ2n) is 13.7. The van der Waals surface area contributed by atoms with Gasteiger partial charge in [0.05, 0.1) is 26.7 Å². The van der Waals surface area contributed by atoms with Crippen LogP contribution in [-0.4, -0.2) is 86.9 Å². The van der Waals surface area contributed by atoms with Crippen LogP contribution in [0.25, 0.3) is 0 Å². The summed E-state index contributed by atoms with van der Waals surface area (Å²) in [4.78, 5) is 26.8. The minimum atomic E-state index is -4.01. The molecule has 0 fully saturated rings. The third-order valence-corrected chi connectivity index (χ3v) is 12.0. The van der Waals surface area contributed by atoms with Crippen molar-refractivity contribution in [2.75, 3.05) is 25.3 Å². The summed E-state index contributed by atoms with van der Waals surface area (Å²) in [6, 6.07) is 11.7. The first-order valence-corrected chi connectivity index (χ1v) is 18.7. The number of nitrogens with one attached hydrogen (secondary N) is 3. The zero-order valence-corrected chi connectivity index (χ0v) is 29.8. The highest BCUT2D eigenvalue weighted by atomic mass is 32.2. The Morgan fingerprint density at radius 1 is 0.957 bits per heavy atom. The van der Waals surface area contributed by atoms with E-state index in [0.717, 1.165) is 11.8 Å². The van der Waals surface area contributed by atoms with Gasteiger partial charge in [0.2, 0.25) is 12.7 Å².